The fraction of sp³-hybridized carbons (Fsp3) is 0.526. The topological polar surface area (TPSA) is 74.3 Å². The maximum Gasteiger partial charge on any atom is 0.271 e. The maximum absolute atomic E-state index is 12.6. The fourth-order valence-electron chi connectivity index (χ4n) is 4.41. The highest BCUT2D eigenvalue weighted by molar-refractivity contribution is 5.92. The predicted molar refractivity (Wildman–Crippen MR) is 96.4 cm³/mol. The average molecular weight is 355 g/mol. The van der Waals surface area contributed by atoms with Crippen molar-refractivity contribution in [3.63, 3.8) is 0 Å². The molecule has 2 atom stereocenters. The molecule has 0 bridgehead atoms. The van der Waals surface area contributed by atoms with Crippen molar-refractivity contribution in [1.29, 1.82) is 0 Å². The second-order valence-corrected chi connectivity index (χ2v) is 7.58. The number of hydrogen-bond donors (Lipinski definition) is 1. The molecule has 2 aliphatic heterocycles. The van der Waals surface area contributed by atoms with Gasteiger partial charge in [0.15, 0.2) is 0 Å². The Morgan fingerprint density at radius 2 is 2.31 bits per heavy atom. The third-order valence-corrected chi connectivity index (χ3v) is 5.70. The second kappa shape index (κ2) is 7.17. The predicted octanol–water partition coefficient (Wildman–Crippen LogP) is 1.42. The Labute approximate surface area is 153 Å². The molecule has 2 aromatic rings. The molecule has 26 heavy (non-hydrogen) atoms. The number of ether oxygens (including phenoxy) is 1. The summed E-state index contributed by atoms with van der Waals surface area (Å²) in [6.45, 7) is 4.91. The molecule has 2 aliphatic rings. The number of nitrogens with zero attached hydrogens (tertiary/aromatic N) is 4. The number of aromatic amines is 1. The summed E-state index contributed by atoms with van der Waals surface area (Å²) in [6, 6.07) is 5.70. The molecule has 0 saturated carbocycles. The Morgan fingerprint density at radius 3 is 3.08 bits per heavy atom. The monoisotopic (exact) mass is 355 g/mol. The van der Waals surface area contributed by atoms with Gasteiger partial charge in [0.1, 0.15) is 5.69 Å². The van der Waals surface area contributed by atoms with E-state index < -0.39 is 0 Å². The smallest absolute Gasteiger partial charge is 0.271 e. The minimum absolute atomic E-state index is 0.0453. The quantitative estimate of drug-likeness (QED) is 0.878. The summed E-state index contributed by atoms with van der Waals surface area (Å²) >= 11 is 0. The van der Waals surface area contributed by atoms with Gasteiger partial charge in [-0.15, -0.1) is 0 Å². The molecule has 2 aromatic heterocycles. The molecule has 7 nitrogen and oxygen atoms in total. The molecule has 1 amide bonds. The van der Waals surface area contributed by atoms with E-state index in [1.807, 2.05) is 23.2 Å². The van der Waals surface area contributed by atoms with E-state index in [4.69, 9.17) is 4.74 Å². The first-order valence-corrected chi connectivity index (χ1v) is 9.10. The summed E-state index contributed by atoms with van der Waals surface area (Å²) < 4.78 is 6.02. The van der Waals surface area contributed by atoms with Gasteiger partial charge in [0, 0.05) is 56.1 Å². The molecule has 138 valence electrons. The van der Waals surface area contributed by atoms with Crippen LogP contribution in [0.4, 0.5) is 0 Å². The van der Waals surface area contributed by atoms with Crippen LogP contribution in [-0.4, -0.2) is 70.7 Å². The average Bonchev–Trinajstić information content (AvgIpc) is 3.37. The number of nitrogens with one attached hydrogen (secondary N) is 1. The molecular formula is C19H25N5O2. The molecule has 0 aliphatic carbocycles. The van der Waals surface area contributed by atoms with Crippen molar-refractivity contribution in [2.24, 2.45) is 11.3 Å². The fourth-order valence-corrected chi connectivity index (χ4v) is 4.41. The maximum atomic E-state index is 12.6. The lowest BCUT2D eigenvalue weighted by atomic mass is 9.77. The van der Waals surface area contributed by atoms with Gasteiger partial charge in [0.05, 0.1) is 13.2 Å². The molecule has 7 heteroatoms. The first kappa shape index (κ1) is 17.2. The van der Waals surface area contributed by atoms with Crippen LogP contribution in [0.2, 0.25) is 0 Å². The molecule has 0 unspecified atom stereocenters. The van der Waals surface area contributed by atoms with E-state index in [2.05, 4.69) is 27.1 Å². The van der Waals surface area contributed by atoms with Crippen molar-refractivity contribution >= 4 is 5.91 Å². The summed E-state index contributed by atoms with van der Waals surface area (Å²) in [6.07, 6.45) is 6.26. The van der Waals surface area contributed by atoms with E-state index in [9.17, 15) is 4.79 Å². The Bertz CT molecular complexity index is 736. The van der Waals surface area contributed by atoms with Crippen molar-refractivity contribution in [2.45, 2.75) is 13.0 Å². The van der Waals surface area contributed by atoms with Crippen LogP contribution in [0.25, 0.3) is 0 Å². The van der Waals surface area contributed by atoms with E-state index in [-0.39, 0.29) is 11.3 Å². The highest BCUT2D eigenvalue weighted by Crippen LogP contribution is 2.43. The van der Waals surface area contributed by atoms with Crippen molar-refractivity contribution < 1.29 is 9.53 Å². The molecule has 4 rings (SSSR count). The lowest BCUT2D eigenvalue weighted by Crippen LogP contribution is -2.38. The summed E-state index contributed by atoms with van der Waals surface area (Å²) in [5, 5.41) is 6.68. The first-order chi connectivity index (χ1) is 12.7. The Balaban J connectivity index is 1.39. The molecule has 2 fully saturated rings. The third-order valence-electron chi connectivity index (χ3n) is 5.70. The van der Waals surface area contributed by atoms with Gasteiger partial charge in [-0.3, -0.25) is 14.9 Å². The van der Waals surface area contributed by atoms with Gasteiger partial charge in [0.2, 0.25) is 0 Å². The highest BCUT2D eigenvalue weighted by Gasteiger charge is 2.50. The lowest BCUT2D eigenvalue weighted by Gasteiger charge is -2.30. The standard InChI is InChI=1S/C19H25N5O2/c1-23-10-16(12-26-11-15-3-2-6-20-9-15)19(13-23)5-8-24(14-19)18(25)17-4-7-21-22-17/h2-4,6-7,9,16H,5,8,10-14H2,1H3,(H,21,22)/t16-,19-/m1/s1. The number of likely N-dealkylation sites (tertiary alicyclic amines) is 2. The van der Waals surface area contributed by atoms with Crippen molar-refractivity contribution in [2.75, 3.05) is 39.8 Å². The van der Waals surface area contributed by atoms with Crippen LogP contribution in [0, 0.1) is 11.3 Å². The van der Waals surface area contributed by atoms with Crippen LogP contribution in [0.1, 0.15) is 22.5 Å². The third kappa shape index (κ3) is 3.37. The number of carbonyl (C=O) groups is 1. The number of pyridine rings is 1. The summed E-state index contributed by atoms with van der Waals surface area (Å²) in [5.41, 5.74) is 1.78. The zero-order valence-electron chi connectivity index (χ0n) is 15.1. The summed E-state index contributed by atoms with van der Waals surface area (Å²) in [5.74, 6) is 0.479. The largest absolute Gasteiger partial charge is 0.376 e. The van der Waals surface area contributed by atoms with E-state index in [1.54, 1.807) is 18.5 Å². The van der Waals surface area contributed by atoms with Gasteiger partial charge in [-0.1, -0.05) is 6.07 Å². The molecule has 0 radical (unpaired) electrons. The summed E-state index contributed by atoms with van der Waals surface area (Å²) in [7, 11) is 2.16. The summed E-state index contributed by atoms with van der Waals surface area (Å²) in [4.78, 5) is 21.1. The SMILES string of the molecule is CN1C[C@H](COCc2cccnc2)[C@]2(CCN(C(=O)c3ccn[nH]3)C2)C1. The van der Waals surface area contributed by atoms with Crippen molar-refractivity contribution in [3.05, 3.63) is 48.0 Å². The molecular weight excluding hydrogens is 330 g/mol. The van der Waals surface area contributed by atoms with Crippen LogP contribution in [-0.2, 0) is 11.3 Å². The molecule has 1 N–H and O–H groups in total. The zero-order valence-corrected chi connectivity index (χ0v) is 15.1. The van der Waals surface area contributed by atoms with Gasteiger partial charge < -0.3 is 14.5 Å². The van der Waals surface area contributed by atoms with E-state index >= 15 is 0 Å². The Hall–Kier alpha value is -2.25. The molecule has 0 aromatic carbocycles. The normalized spacial score (nSPS) is 26.0. The lowest BCUT2D eigenvalue weighted by molar-refractivity contribution is 0.0494. The van der Waals surface area contributed by atoms with E-state index in [0.717, 1.165) is 38.2 Å². The minimum Gasteiger partial charge on any atom is -0.376 e. The molecule has 1 spiro atoms. The van der Waals surface area contributed by atoms with Crippen LogP contribution < -0.4 is 0 Å². The number of amides is 1. The van der Waals surface area contributed by atoms with Crippen LogP contribution in [0.5, 0.6) is 0 Å². The molecule has 2 saturated heterocycles. The highest BCUT2D eigenvalue weighted by atomic mass is 16.5. The number of aromatic nitrogens is 3. The Kier molecular flexibility index (Phi) is 4.74. The van der Waals surface area contributed by atoms with E-state index in [1.165, 1.54) is 0 Å². The van der Waals surface area contributed by atoms with Gasteiger partial charge in [-0.2, -0.15) is 5.10 Å². The number of carbonyl (C=O) groups excluding carboxylic acids is 1. The second-order valence-electron chi connectivity index (χ2n) is 7.58. The van der Waals surface area contributed by atoms with Gasteiger partial charge in [0.25, 0.3) is 5.91 Å². The van der Waals surface area contributed by atoms with Gasteiger partial charge in [-0.05, 0) is 31.2 Å². The van der Waals surface area contributed by atoms with Crippen LogP contribution in [0.15, 0.2) is 36.8 Å². The van der Waals surface area contributed by atoms with Gasteiger partial charge >= 0.3 is 0 Å². The van der Waals surface area contributed by atoms with Crippen molar-refractivity contribution in [3.8, 4) is 0 Å². The Morgan fingerprint density at radius 1 is 1.38 bits per heavy atom. The number of hydrogen-bond acceptors (Lipinski definition) is 5. The van der Waals surface area contributed by atoms with Crippen molar-refractivity contribution in [1.82, 2.24) is 25.0 Å². The first-order valence-electron chi connectivity index (χ1n) is 9.10. The van der Waals surface area contributed by atoms with Gasteiger partial charge in [-0.25, -0.2) is 0 Å². The van der Waals surface area contributed by atoms with Crippen LogP contribution >= 0.6 is 0 Å². The number of H-pyrrole nitrogens is 1. The van der Waals surface area contributed by atoms with Crippen LogP contribution in [0.3, 0.4) is 0 Å². The van der Waals surface area contributed by atoms with E-state index in [0.29, 0.717) is 24.8 Å². The molecule has 4 heterocycles. The minimum atomic E-state index is 0.0453. The number of rotatable bonds is 5. The zero-order chi connectivity index (χ0) is 18.0.